The normalized spacial score (nSPS) is 13.0. The van der Waals surface area contributed by atoms with Gasteiger partial charge >= 0.3 is 0 Å². The number of nitrogens with zero attached hydrogens (tertiary/aromatic N) is 2. The van der Waals surface area contributed by atoms with E-state index in [9.17, 15) is 13.2 Å². The van der Waals surface area contributed by atoms with E-state index in [1.54, 1.807) is 24.3 Å². The lowest BCUT2D eigenvalue weighted by Crippen LogP contribution is -2.28. The van der Waals surface area contributed by atoms with Crippen molar-refractivity contribution in [3.8, 4) is 0 Å². The fourth-order valence-corrected chi connectivity index (χ4v) is 3.68. The first-order chi connectivity index (χ1) is 12.5. The van der Waals surface area contributed by atoms with Crippen LogP contribution in [0.2, 0.25) is 0 Å². The topological polar surface area (TPSA) is 81.1 Å². The molecule has 0 bridgehead atoms. The number of aromatic nitrogens is 2. The molecule has 1 aromatic heterocycles. The summed E-state index contributed by atoms with van der Waals surface area (Å²) >= 11 is 0. The van der Waals surface area contributed by atoms with Crippen LogP contribution in [0.25, 0.3) is 0 Å². The first-order valence-electron chi connectivity index (χ1n) is 9.11. The molecule has 0 radical (unpaired) electrons. The van der Waals surface area contributed by atoms with Crippen molar-refractivity contribution in [2.24, 2.45) is 5.92 Å². The summed E-state index contributed by atoms with van der Waals surface area (Å²) in [6.45, 7) is 10.9. The van der Waals surface area contributed by atoms with Crippen LogP contribution < -0.4 is 5.32 Å². The SMILES string of the molecule is Cc1nn(CC(C)C)c(C)c1CC(=O)NC(C)c1ccc(S(C)(=O)=O)cc1. The van der Waals surface area contributed by atoms with E-state index < -0.39 is 9.84 Å². The molecule has 1 amide bonds. The summed E-state index contributed by atoms with van der Waals surface area (Å²) in [7, 11) is -3.22. The van der Waals surface area contributed by atoms with Crippen molar-refractivity contribution in [2.45, 2.75) is 58.5 Å². The van der Waals surface area contributed by atoms with Crippen molar-refractivity contribution >= 4 is 15.7 Å². The van der Waals surface area contributed by atoms with E-state index in [1.807, 2.05) is 25.5 Å². The summed E-state index contributed by atoms with van der Waals surface area (Å²) in [5, 5.41) is 7.54. The predicted octanol–water partition coefficient (Wildman–Crippen LogP) is 2.98. The van der Waals surface area contributed by atoms with E-state index in [2.05, 4.69) is 24.3 Å². The van der Waals surface area contributed by atoms with Crippen LogP contribution in [0.4, 0.5) is 0 Å². The second kappa shape index (κ2) is 8.25. The second-order valence-corrected chi connectivity index (χ2v) is 9.55. The van der Waals surface area contributed by atoms with E-state index in [4.69, 9.17) is 0 Å². The van der Waals surface area contributed by atoms with Gasteiger partial charge in [-0.2, -0.15) is 5.10 Å². The molecule has 1 aromatic carbocycles. The van der Waals surface area contributed by atoms with Crippen LogP contribution in [0.1, 0.15) is 49.3 Å². The fraction of sp³-hybridized carbons (Fsp3) is 0.500. The Morgan fingerprint density at radius 1 is 1.15 bits per heavy atom. The van der Waals surface area contributed by atoms with Crippen LogP contribution in [-0.2, 0) is 27.6 Å². The Morgan fingerprint density at radius 2 is 1.74 bits per heavy atom. The molecule has 0 aliphatic rings. The number of carbonyl (C=O) groups excluding carboxylic acids is 1. The zero-order valence-electron chi connectivity index (χ0n) is 16.9. The molecule has 2 rings (SSSR count). The highest BCUT2D eigenvalue weighted by Gasteiger charge is 2.17. The van der Waals surface area contributed by atoms with Gasteiger partial charge in [0.15, 0.2) is 9.84 Å². The van der Waals surface area contributed by atoms with Gasteiger partial charge in [0.1, 0.15) is 0 Å². The maximum absolute atomic E-state index is 12.5. The van der Waals surface area contributed by atoms with Gasteiger partial charge in [-0.1, -0.05) is 26.0 Å². The molecule has 6 nitrogen and oxygen atoms in total. The molecule has 27 heavy (non-hydrogen) atoms. The summed E-state index contributed by atoms with van der Waals surface area (Å²) in [6.07, 6.45) is 1.46. The van der Waals surface area contributed by atoms with Crippen LogP contribution in [0.5, 0.6) is 0 Å². The Hall–Kier alpha value is -2.15. The van der Waals surface area contributed by atoms with Crippen LogP contribution in [0, 0.1) is 19.8 Å². The third-order valence-corrected chi connectivity index (χ3v) is 5.72. The van der Waals surface area contributed by atoms with Gasteiger partial charge in [-0.15, -0.1) is 0 Å². The third-order valence-electron chi connectivity index (χ3n) is 4.59. The lowest BCUT2D eigenvalue weighted by atomic mass is 10.1. The smallest absolute Gasteiger partial charge is 0.225 e. The molecular weight excluding hydrogens is 362 g/mol. The van der Waals surface area contributed by atoms with Gasteiger partial charge in [-0.05, 0) is 44.4 Å². The minimum Gasteiger partial charge on any atom is -0.349 e. The average molecular weight is 392 g/mol. The number of hydrogen-bond acceptors (Lipinski definition) is 4. The van der Waals surface area contributed by atoms with Gasteiger partial charge in [0.25, 0.3) is 0 Å². The van der Waals surface area contributed by atoms with Crippen molar-refractivity contribution in [2.75, 3.05) is 6.26 Å². The van der Waals surface area contributed by atoms with Crippen LogP contribution in [-0.4, -0.2) is 30.4 Å². The quantitative estimate of drug-likeness (QED) is 0.787. The fourth-order valence-electron chi connectivity index (χ4n) is 3.05. The van der Waals surface area contributed by atoms with Gasteiger partial charge in [-0.25, -0.2) is 8.42 Å². The lowest BCUT2D eigenvalue weighted by molar-refractivity contribution is -0.121. The molecule has 2 aromatic rings. The second-order valence-electron chi connectivity index (χ2n) is 7.53. The van der Waals surface area contributed by atoms with Gasteiger partial charge in [0.2, 0.25) is 5.91 Å². The monoisotopic (exact) mass is 391 g/mol. The molecule has 1 atom stereocenters. The van der Waals surface area contributed by atoms with Crippen molar-refractivity contribution < 1.29 is 13.2 Å². The Bertz CT molecular complexity index is 913. The zero-order valence-corrected chi connectivity index (χ0v) is 17.7. The predicted molar refractivity (Wildman–Crippen MR) is 106 cm³/mol. The van der Waals surface area contributed by atoms with E-state index in [0.717, 1.165) is 29.1 Å². The van der Waals surface area contributed by atoms with Gasteiger partial charge < -0.3 is 5.32 Å². The lowest BCUT2D eigenvalue weighted by Gasteiger charge is -2.15. The molecule has 148 valence electrons. The molecule has 0 saturated heterocycles. The number of sulfone groups is 1. The van der Waals surface area contributed by atoms with Crippen LogP contribution in [0.15, 0.2) is 29.2 Å². The third kappa shape index (κ3) is 5.42. The van der Waals surface area contributed by atoms with Crippen molar-refractivity contribution in [3.63, 3.8) is 0 Å². The Kier molecular flexibility index (Phi) is 6.46. The molecule has 0 fully saturated rings. The average Bonchev–Trinajstić information content (AvgIpc) is 2.81. The molecular formula is C20H29N3O3S. The highest BCUT2D eigenvalue weighted by Crippen LogP contribution is 2.18. The molecule has 0 aliphatic heterocycles. The van der Waals surface area contributed by atoms with Crippen LogP contribution in [0.3, 0.4) is 0 Å². The first kappa shape index (κ1) is 21.2. The maximum Gasteiger partial charge on any atom is 0.225 e. The number of carbonyl (C=O) groups is 1. The summed E-state index contributed by atoms with van der Waals surface area (Å²) in [5.74, 6) is 0.407. The maximum atomic E-state index is 12.5. The van der Waals surface area contributed by atoms with E-state index in [1.165, 1.54) is 6.26 Å². The number of rotatable bonds is 7. The van der Waals surface area contributed by atoms with E-state index in [-0.39, 0.29) is 23.3 Å². The van der Waals surface area contributed by atoms with E-state index >= 15 is 0 Å². The number of aryl methyl sites for hydroxylation is 1. The summed E-state index contributed by atoms with van der Waals surface area (Å²) in [4.78, 5) is 12.8. The highest BCUT2D eigenvalue weighted by molar-refractivity contribution is 7.90. The minimum atomic E-state index is -3.22. The van der Waals surface area contributed by atoms with Crippen molar-refractivity contribution in [1.29, 1.82) is 0 Å². The number of hydrogen-bond donors (Lipinski definition) is 1. The highest BCUT2D eigenvalue weighted by atomic mass is 32.2. The largest absolute Gasteiger partial charge is 0.349 e. The number of benzene rings is 1. The van der Waals surface area contributed by atoms with Crippen molar-refractivity contribution in [3.05, 3.63) is 46.8 Å². The molecule has 0 saturated carbocycles. The molecule has 1 unspecified atom stereocenters. The van der Waals surface area contributed by atoms with Crippen molar-refractivity contribution in [1.82, 2.24) is 15.1 Å². The standard InChI is InChI=1S/C20H29N3O3S/c1-13(2)12-23-16(5)19(15(4)22-23)11-20(24)21-14(3)17-7-9-18(10-8-17)27(6,25)26/h7-10,13-14H,11-12H2,1-6H3,(H,21,24). The number of nitrogens with one attached hydrogen (secondary N) is 1. The summed E-state index contributed by atoms with van der Waals surface area (Å²) in [6, 6.07) is 6.39. The molecule has 1 heterocycles. The Morgan fingerprint density at radius 3 is 2.26 bits per heavy atom. The van der Waals surface area contributed by atoms with Crippen LogP contribution >= 0.6 is 0 Å². The Labute approximate surface area is 161 Å². The molecule has 7 heteroatoms. The number of amides is 1. The Balaban J connectivity index is 2.06. The zero-order chi connectivity index (χ0) is 20.4. The van der Waals surface area contributed by atoms with Gasteiger partial charge in [0.05, 0.1) is 23.1 Å². The molecule has 0 spiro atoms. The van der Waals surface area contributed by atoms with Gasteiger partial charge in [-0.3, -0.25) is 9.48 Å². The molecule has 0 aliphatic carbocycles. The molecule has 1 N–H and O–H groups in total. The van der Waals surface area contributed by atoms with Gasteiger partial charge in [0, 0.05) is 24.1 Å². The summed E-state index contributed by atoms with van der Waals surface area (Å²) < 4.78 is 25.1. The first-order valence-corrected chi connectivity index (χ1v) is 11.0. The minimum absolute atomic E-state index is 0.0787. The summed E-state index contributed by atoms with van der Waals surface area (Å²) in [5.41, 5.74) is 3.74. The van der Waals surface area contributed by atoms with E-state index in [0.29, 0.717) is 5.92 Å².